The maximum absolute atomic E-state index is 11.3. The highest BCUT2D eigenvalue weighted by Crippen LogP contribution is 2.17. The van der Waals surface area contributed by atoms with Crippen LogP contribution >= 0.6 is 23.5 Å². The molecule has 0 rings (SSSR count). The van der Waals surface area contributed by atoms with Gasteiger partial charge in [-0.1, -0.05) is 23.5 Å². The normalized spacial score (nSPS) is 10.1. The SMILES string of the molecule is COC(=O)C(CSC(C)=O)CSC(C)=O. The van der Waals surface area contributed by atoms with Crippen LogP contribution < -0.4 is 0 Å². The predicted octanol–water partition coefficient (Wildman–Crippen LogP) is 1.33. The molecule has 0 aromatic heterocycles. The van der Waals surface area contributed by atoms with E-state index in [-0.39, 0.29) is 16.2 Å². The fourth-order valence-corrected chi connectivity index (χ4v) is 2.32. The summed E-state index contributed by atoms with van der Waals surface area (Å²) >= 11 is 2.14. The lowest BCUT2D eigenvalue weighted by atomic mass is 10.2. The average molecular weight is 250 g/mol. The monoisotopic (exact) mass is 250 g/mol. The van der Waals surface area contributed by atoms with Gasteiger partial charge in [0, 0.05) is 25.4 Å². The zero-order valence-corrected chi connectivity index (χ0v) is 10.6. The van der Waals surface area contributed by atoms with Gasteiger partial charge in [-0.3, -0.25) is 14.4 Å². The molecule has 0 atom stereocenters. The number of carbonyl (C=O) groups is 3. The number of carbonyl (C=O) groups excluding carboxylic acids is 3. The van der Waals surface area contributed by atoms with Crippen LogP contribution in [0.3, 0.4) is 0 Å². The highest BCUT2D eigenvalue weighted by atomic mass is 32.2. The molecule has 15 heavy (non-hydrogen) atoms. The fraction of sp³-hybridized carbons (Fsp3) is 0.667. The summed E-state index contributed by atoms with van der Waals surface area (Å²) in [5.74, 6) is -0.0554. The number of hydrogen-bond acceptors (Lipinski definition) is 6. The zero-order valence-electron chi connectivity index (χ0n) is 8.94. The Bertz CT molecular complexity index is 234. The second-order valence-corrected chi connectivity index (χ2v) is 5.22. The van der Waals surface area contributed by atoms with Crippen molar-refractivity contribution >= 4 is 39.7 Å². The van der Waals surface area contributed by atoms with Crippen molar-refractivity contribution in [2.45, 2.75) is 13.8 Å². The Hall–Kier alpha value is -0.490. The van der Waals surface area contributed by atoms with E-state index in [1.165, 1.54) is 21.0 Å². The summed E-state index contributed by atoms with van der Waals surface area (Å²) < 4.78 is 4.59. The van der Waals surface area contributed by atoms with Gasteiger partial charge in [0.25, 0.3) is 0 Å². The van der Waals surface area contributed by atoms with Gasteiger partial charge in [0.05, 0.1) is 13.0 Å². The van der Waals surface area contributed by atoms with Crippen molar-refractivity contribution < 1.29 is 19.1 Å². The van der Waals surface area contributed by atoms with Crippen molar-refractivity contribution in [3.05, 3.63) is 0 Å². The molecule has 0 amide bonds. The van der Waals surface area contributed by atoms with E-state index in [0.29, 0.717) is 11.5 Å². The van der Waals surface area contributed by atoms with Crippen LogP contribution in [0.15, 0.2) is 0 Å². The summed E-state index contributed by atoms with van der Waals surface area (Å²) in [5, 5.41) is -0.0894. The van der Waals surface area contributed by atoms with Crippen LogP contribution in [0.25, 0.3) is 0 Å². The molecule has 86 valence electrons. The van der Waals surface area contributed by atoms with E-state index in [1.54, 1.807) is 0 Å². The molecule has 0 fully saturated rings. The Kier molecular flexibility index (Phi) is 7.50. The van der Waals surface area contributed by atoms with Crippen LogP contribution in [0.1, 0.15) is 13.8 Å². The van der Waals surface area contributed by atoms with Gasteiger partial charge in [-0.05, 0) is 0 Å². The Labute approximate surface area is 97.5 Å². The van der Waals surface area contributed by atoms with Crippen LogP contribution in [0.2, 0.25) is 0 Å². The highest BCUT2D eigenvalue weighted by Gasteiger charge is 2.20. The number of ether oxygens (including phenoxy) is 1. The third kappa shape index (κ3) is 7.44. The van der Waals surface area contributed by atoms with Gasteiger partial charge in [-0.15, -0.1) is 0 Å². The molecule has 6 heteroatoms. The summed E-state index contributed by atoms with van der Waals surface area (Å²) in [4.78, 5) is 32.7. The summed E-state index contributed by atoms with van der Waals surface area (Å²) in [6, 6.07) is 0. The Morgan fingerprint density at radius 3 is 1.73 bits per heavy atom. The maximum Gasteiger partial charge on any atom is 0.310 e. The third-order valence-corrected chi connectivity index (χ3v) is 3.46. The quantitative estimate of drug-likeness (QED) is 0.686. The van der Waals surface area contributed by atoms with E-state index in [4.69, 9.17) is 0 Å². The van der Waals surface area contributed by atoms with Crippen molar-refractivity contribution in [2.75, 3.05) is 18.6 Å². The van der Waals surface area contributed by atoms with E-state index in [2.05, 4.69) is 4.74 Å². The Balaban J connectivity index is 4.12. The first kappa shape index (κ1) is 14.5. The van der Waals surface area contributed by atoms with Crippen LogP contribution in [-0.4, -0.2) is 34.8 Å². The highest BCUT2D eigenvalue weighted by molar-refractivity contribution is 8.14. The molecule has 0 heterocycles. The molecular formula is C9H14O4S2. The van der Waals surface area contributed by atoms with Gasteiger partial charge in [0.2, 0.25) is 0 Å². The summed E-state index contributed by atoms with van der Waals surface area (Å²) in [6.07, 6.45) is 0. The van der Waals surface area contributed by atoms with Crippen molar-refractivity contribution in [1.82, 2.24) is 0 Å². The molecule has 0 aromatic carbocycles. The number of hydrogen-bond donors (Lipinski definition) is 0. The standard InChI is InChI=1S/C9H14O4S2/c1-6(10)14-4-8(9(12)13-3)5-15-7(2)11/h8H,4-5H2,1-3H3. The molecule has 0 aliphatic rings. The molecule has 0 radical (unpaired) electrons. The molecule has 4 nitrogen and oxygen atoms in total. The van der Waals surface area contributed by atoms with Crippen LogP contribution in [0.4, 0.5) is 0 Å². The Morgan fingerprint density at radius 2 is 1.47 bits per heavy atom. The molecule has 0 bridgehead atoms. The largest absolute Gasteiger partial charge is 0.469 e. The Morgan fingerprint density at radius 1 is 1.07 bits per heavy atom. The lowest BCUT2D eigenvalue weighted by Gasteiger charge is -2.11. The minimum atomic E-state index is -0.405. The van der Waals surface area contributed by atoms with Gasteiger partial charge < -0.3 is 4.74 Å². The van der Waals surface area contributed by atoms with Gasteiger partial charge in [0.15, 0.2) is 10.2 Å². The van der Waals surface area contributed by atoms with Gasteiger partial charge in [0.1, 0.15) is 0 Å². The van der Waals surface area contributed by atoms with E-state index < -0.39 is 5.92 Å². The molecule has 0 aromatic rings. The van der Waals surface area contributed by atoms with Gasteiger partial charge >= 0.3 is 5.97 Å². The molecule has 0 spiro atoms. The maximum atomic E-state index is 11.3. The van der Waals surface area contributed by atoms with E-state index in [9.17, 15) is 14.4 Å². The number of thioether (sulfide) groups is 2. The van der Waals surface area contributed by atoms with Crippen LogP contribution in [0, 0.1) is 5.92 Å². The predicted molar refractivity (Wildman–Crippen MR) is 61.8 cm³/mol. The first-order valence-corrected chi connectivity index (χ1v) is 6.29. The molecule has 0 saturated carbocycles. The topological polar surface area (TPSA) is 60.4 Å². The average Bonchev–Trinajstić information content (AvgIpc) is 2.16. The van der Waals surface area contributed by atoms with E-state index in [0.717, 1.165) is 23.5 Å². The minimum Gasteiger partial charge on any atom is -0.469 e. The number of methoxy groups -OCH3 is 1. The first-order valence-electron chi connectivity index (χ1n) is 4.32. The summed E-state index contributed by atoms with van der Waals surface area (Å²) in [6.45, 7) is 2.88. The molecule has 0 saturated heterocycles. The van der Waals surface area contributed by atoms with Crippen LogP contribution in [0.5, 0.6) is 0 Å². The first-order chi connectivity index (χ1) is 6.97. The molecule has 0 aliphatic carbocycles. The van der Waals surface area contributed by atoms with Crippen molar-refractivity contribution in [2.24, 2.45) is 5.92 Å². The number of rotatable bonds is 5. The minimum absolute atomic E-state index is 0.0447. The van der Waals surface area contributed by atoms with Crippen molar-refractivity contribution in [3.63, 3.8) is 0 Å². The van der Waals surface area contributed by atoms with E-state index in [1.807, 2.05) is 0 Å². The van der Waals surface area contributed by atoms with Gasteiger partial charge in [-0.25, -0.2) is 0 Å². The molecule has 0 unspecified atom stereocenters. The second kappa shape index (κ2) is 7.76. The number of esters is 1. The van der Waals surface area contributed by atoms with Crippen molar-refractivity contribution in [1.29, 1.82) is 0 Å². The lowest BCUT2D eigenvalue weighted by molar-refractivity contribution is -0.143. The molecule has 0 aliphatic heterocycles. The molecular weight excluding hydrogens is 236 g/mol. The van der Waals surface area contributed by atoms with Gasteiger partial charge in [-0.2, -0.15) is 0 Å². The summed E-state index contributed by atoms with van der Waals surface area (Å²) in [5.41, 5.74) is 0. The lowest BCUT2D eigenvalue weighted by Crippen LogP contribution is -2.22. The molecule has 0 N–H and O–H groups in total. The van der Waals surface area contributed by atoms with E-state index >= 15 is 0 Å². The van der Waals surface area contributed by atoms with Crippen LogP contribution in [-0.2, 0) is 19.1 Å². The fourth-order valence-electron chi connectivity index (χ4n) is 0.787. The third-order valence-electron chi connectivity index (χ3n) is 1.51. The zero-order chi connectivity index (χ0) is 11.8. The second-order valence-electron chi connectivity index (χ2n) is 2.83. The summed E-state index contributed by atoms with van der Waals surface area (Å²) in [7, 11) is 1.30. The smallest absolute Gasteiger partial charge is 0.310 e. The van der Waals surface area contributed by atoms with Crippen molar-refractivity contribution in [3.8, 4) is 0 Å².